The van der Waals surface area contributed by atoms with Crippen LogP contribution >= 0.6 is 0 Å². The standard InChI is InChI=1S/C12H16N6O8/c13-7-5(9(21)15-3(1-19)11(23)24)17-8(14)6(18-7)10(22)16-4(2-20)12(25)26/h3-4,19-20H,1-2H2,(H2,14,17)(H2,13,18)(H,15,21)(H,16,22)(H,23,24)(H,25,26)/t3-,4-/m1/s1. The van der Waals surface area contributed by atoms with Crippen molar-refractivity contribution in [1.82, 2.24) is 20.6 Å². The Morgan fingerprint density at radius 1 is 0.808 bits per heavy atom. The third-order valence-electron chi connectivity index (χ3n) is 2.95. The predicted molar refractivity (Wildman–Crippen MR) is 82.8 cm³/mol. The lowest BCUT2D eigenvalue weighted by atomic mass is 10.2. The van der Waals surface area contributed by atoms with E-state index in [1.165, 1.54) is 0 Å². The van der Waals surface area contributed by atoms with Crippen LogP contribution in [0.25, 0.3) is 0 Å². The van der Waals surface area contributed by atoms with Crippen molar-refractivity contribution in [2.45, 2.75) is 12.1 Å². The average Bonchev–Trinajstić information content (AvgIpc) is 2.57. The third kappa shape index (κ3) is 4.74. The van der Waals surface area contributed by atoms with E-state index in [2.05, 4.69) is 9.97 Å². The zero-order valence-electron chi connectivity index (χ0n) is 13.0. The monoisotopic (exact) mass is 372 g/mol. The Labute approximate surface area is 144 Å². The summed E-state index contributed by atoms with van der Waals surface area (Å²) >= 11 is 0. The molecule has 0 aliphatic heterocycles. The summed E-state index contributed by atoms with van der Waals surface area (Å²) in [5.41, 5.74) is 9.80. The van der Waals surface area contributed by atoms with Gasteiger partial charge in [-0.3, -0.25) is 9.59 Å². The number of carboxylic acids is 2. The Balaban J connectivity index is 3.07. The number of aromatic nitrogens is 2. The van der Waals surface area contributed by atoms with Crippen molar-refractivity contribution in [2.75, 3.05) is 24.7 Å². The summed E-state index contributed by atoms with van der Waals surface area (Å²) in [5.74, 6) is -6.46. The van der Waals surface area contributed by atoms with Crippen LogP contribution < -0.4 is 22.1 Å². The maximum absolute atomic E-state index is 12.0. The number of nitrogens with two attached hydrogens (primary N) is 2. The zero-order chi connectivity index (χ0) is 20.0. The van der Waals surface area contributed by atoms with Gasteiger partial charge in [0.05, 0.1) is 13.2 Å². The average molecular weight is 372 g/mol. The summed E-state index contributed by atoms with van der Waals surface area (Å²) in [5, 5.41) is 39.1. The highest BCUT2D eigenvalue weighted by atomic mass is 16.4. The Morgan fingerprint density at radius 3 is 1.35 bits per heavy atom. The van der Waals surface area contributed by atoms with Gasteiger partial charge in [0, 0.05) is 0 Å². The Bertz CT molecular complexity index is 677. The van der Waals surface area contributed by atoms with Crippen LogP contribution in [0.15, 0.2) is 0 Å². The molecule has 1 rings (SSSR count). The molecular formula is C12H16N6O8. The molecule has 0 aliphatic rings. The minimum absolute atomic E-state index is 0.597. The Kier molecular flexibility index (Phi) is 6.74. The Morgan fingerprint density at radius 2 is 1.12 bits per heavy atom. The third-order valence-corrected chi connectivity index (χ3v) is 2.95. The first-order valence-electron chi connectivity index (χ1n) is 6.84. The fraction of sp³-hybridized carbons (Fsp3) is 0.333. The van der Waals surface area contributed by atoms with E-state index in [9.17, 15) is 19.2 Å². The lowest BCUT2D eigenvalue weighted by Crippen LogP contribution is -2.45. The van der Waals surface area contributed by atoms with Crippen LogP contribution in [0.2, 0.25) is 0 Å². The molecule has 0 unspecified atom stereocenters. The quantitative estimate of drug-likeness (QED) is 0.217. The highest BCUT2D eigenvalue weighted by molar-refractivity contribution is 6.02. The van der Waals surface area contributed by atoms with Crippen LogP contribution in [-0.2, 0) is 9.59 Å². The molecule has 0 radical (unpaired) electrons. The summed E-state index contributed by atoms with van der Waals surface area (Å²) in [6.07, 6.45) is 0. The van der Waals surface area contributed by atoms with Crippen molar-refractivity contribution >= 4 is 35.4 Å². The molecule has 0 bridgehead atoms. The van der Waals surface area contributed by atoms with Gasteiger partial charge < -0.3 is 42.5 Å². The number of aliphatic carboxylic acids is 2. The summed E-state index contributed by atoms with van der Waals surface area (Å²) in [6, 6.07) is -3.26. The number of hydrogen-bond acceptors (Lipinski definition) is 10. The molecule has 1 aromatic heterocycles. The first-order valence-corrected chi connectivity index (χ1v) is 6.84. The van der Waals surface area contributed by atoms with Crippen molar-refractivity contribution in [2.24, 2.45) is 0 Å². The molecule has 0 saturated heterocycles. The number of aliphatic hydroxyl groups excluding tert-OH is 2. The number of hydrogen-bond donors (Lipinski definition) is 8. The molecule has 0 aliphatic carbocycles. The summed E-state index contributed by atoms with van der Waals surface area (Å²) < 4.78 is 0. The highest BCUT2D eigenvalue weighted by Crippen LogP contribution is 2.13. The van der Waals surface area contributed by atoms with E-state index in [0.29, 0.717) is 0 Å². The molecule has 14 heteroatoms. The molecule has 14 nitrogen and oxygen atoms in total. The zero-order valence-corrected chi connectivity index (χ0v) is 13.0. The lowest BCUT2D eigenvalue weighted by molar-refractivity contribution is -0.141. The van der Waals surface area contributed by atoms with Crippen molar-refractivity contribution in [3.63, 3.8) is 0 Å². The second-order valence-electron chi connectivity index (χ2n) is 4.79. The maximum atomic E-state index is 12.0. The van der Waals surface area contributed by atoms with E-state index in [1.54, 1.807) is 0 Å². The summed E-state index contributed by atoms with van der Waals surface area (Å²) in [6.45, 7) is -1.80. The van der Waals surface area contributed by atoms with Crippen molar-refractivity contribution in [3.05, 3.63) is 11.4 Å². The molecule has 2 atom stereocenters. The van der Waals surface area contributed by atoms with Gasteiger partial charge in [-0.05, 0) is 0 Å². The predicted octanol–water partition coefficient (Wildman–Crippen LogP) is -4.01. The van der Waals surface area contributed by atoms with Crippen molar-refractivity contribution in [3.8, 4) is 0 Å². The highest BCUT2D eigenvalue weighted by Gasteiger charge is 2.26. The van der Waals surface area contributed by atoms with Crippen LogP contribution in [0.1, 0.15) is 21.0 Å². The minimum Gasteiger partial charge on any atom is -0.480 e. The number of aliphatic hydroxyl groups is 2. The van der Waals surface area contributed by atoms with Crippen LogP contribution in [-0.4, -0.2) is 79.4 Å². The largest absolute Gasteiger partial charge is 0.480 e. The molecule has 1 aromatic rings. The molecule has 142 valence electrons. The molecule has 26 heavy (non-hydrogen) atoms. The number of carbonyl (C=O) groups excluding carboxylic acids is 2. The van der Waals surface area contributed by atoms with E-state index in [0.717, 1.165) is 0 Å². The molecule has 0 saturated carbocycles. The fourth-order valence-electron chi connectivity index (χ4n) is 1.62. The molecule has 0 spiro atoms. The molecule has 0 fully saturated rings. The smallest absolute Gasteiger partial charge is 0.328 e. The van der Waals surface area contributed by atoms with Crippen LogP contribution in [0.3, 0.4) is 0 Å². The SMILES string of the molecule is Nc1nc(C(=O)N[C@H](CO)C(=O)O)c(N)nc1C(=O)N[C@H](CO)C(=O)O. The van der Waals surface area contributed by atoms with Gasteiger partial charge in [-0.25, -0.2) is 19.6 Å². The summed E-state index contributed by atoms with van der Waals surface area (Å²) in [7, 11) is 0. The number of nitrogens with one attached hydrogen (secondary N) is 2. The van der Waals surface area contributed by atoms with Gasteiger partial charge in [0.1, 0.15) is 0 Å². The van der Waals surface area contributed by atoms with Gasteiger partial charge in [0.15, 0.2) is 35.1 Å². The van der Waals surface area contributed by atoms with Crippen molar-refractivity contribution < 1.29 is 39.6 Å². The minimum atomic E-state index is -1.63. The number of anilines is 2. The molecular weight excluding hydrogens is 356 g/mol. The van der Waals surface area contributed by atoms with E-state index < -0.39 is 72.1 Å². The van der Waals surface area contributed by atoms with Gasteiger partial charge in [0.25, 0.3) is 11.8 Å². The molecule has 0 aromatic carbocycles. The van der Waals surface area contributed by atoms with E-state index >= 15 is 0 Å². The van der Waals surface area contributed by atoms with Crippen LogP contribution in [0, 0.1) is 0 Å². The van der Waals surface area contributed by atoms with Gasteiger partial charge >= 0.3 is 11.9 Å². The number of amides is 2. The maximum Gasteiger partial charge on any atom is 0.328 e. The molecule has 10 N–H and O–H groups in total. The second kappa shape index (κ2) is 8.54. The van der Waals surface area contributed by atoms with Gasteiger partial charge in [0.2, 0.25) is 0 Å². The Hall–Kier alpha value is -3.52. The summed E-state index contributed by atoms with van der Waals surface area (Å²) in [4.78, 5) is 52.6. The topological polar surface area (TPSA) is 251 Å². The van der Waals surface area contributed by atoms with E-state index in [-0.39, 0.29) is 0 Å². The number of rotatable bonds is 8. The number of carboxylic acid groups (broad SMARTS) is 2. The second-order valence-corrected chi connectivity index (χ2v) is 4.79. The van der Waals surface area contributed by atoms with Gasteiger partial charge in [-0.2, -0.15) is 0 Å². The van der Waals surface area contributed by atoms with E-state index in [4.69, 9.17) is 31.9 Å². The first kappa shape index (κ1) is 20.5. The number of nitrogens with zero attached hydrogens (tertiary/aromatic N) is 2. The normalized spacial score (nSPS) is 12.7. The number of nitrogen functional groups attached to an aromatic ring is 2. The number of carbonyl (C=O) groups is 4. The van der Waals surface area contributed by atoms with Crippen LogP contribution in [0.5, 0.6) is 0 Å². The van der Waals surface area contributed by atoms with Gasteiger partial charge in [-0.15, -0.1) is 0 Å². The molecule has 2 amide bonds. The van der Waals surface area contributed by atoms with Crippen molar-refractivity contribution in [1.29, 1.82) is 0 Å². The lowest BCUT2D eigenvalue weighted by Gasteiger charge is -2.14. The van der Waals surface area contributed by atoms with Crippen LogP contribution in [0.4, 0.5) is 11.6 Å². The first-order chi connectivity index (χ1) is 12.1. The van der Waals surface area contributed by atoms with E-state index in [1.807, 2.05) is 10.6 Å². The van der Waals surface area contributed by atoms with Gasteiger partial charge in [-0.1, -0.05) is 0 Å². The fourth-order valence-corrected chi connectivity index (χ4v) is 1.62. The molecule has 1 heterocycles.